The maximum Gasteiger partial charge on any atom is 0.254 e. The van der Waals surface area contributed by atoms with E-state index in [-0.39, 0.29) is 24.2 Å². The van der Waals surface area contributed by atoms with Crippen molar-refractivity contribution in [3.05, 3.63) is 65.0 Å². The van der Waals surface area contributed by atoms with E-state index < -0.39 is 0 Å². The predicted octanol–water partition coefficient (Wildman–Crippen LogP) is 3.65. The third-order valence-electron chi connectivity index (χ3n) is 5.31. The highest BCUT2D eigenvalue weighted by molar-refractivity contribution is 5.94. The van der Waals surface area contributed by atoms with Crippen LogP contribution in [-0.4, -0.2) is 54.3 Å². The largest absolute Gasteiger partial charge is 0.336 e. The Morgan fingerprint density at radius 2 is 1.69 bits per heavy atom. The SMILES string of the molecule is Cc1ccc(C(=O)N2CCN(CC(=O)Nc3ccc(C(C)C)cc3)CC2)cc1F. The summed E-state index contributed by atoms with van der Waals surface area (Å²) in [6.45, 7) is 8.48. The maximum atomic E-state index is 13.7. The smallest absolute Gasteiger partial charge is 0.254 e. The summed E-state index contributed by atoms with van der Waals surface area (Å²) in [5, 5.41) is 2.92. The number of benzene rings is 2. The molecule has 1 saturated heterocycles. The molecule has 0 bridgehead atoms. The summed E-state index contributed by atoms with van der Waals surface area (Å²) >= 11 is 0. The number of carbonyl (C=O) groups excluding carboxylic acids is 2. The zero-order valence-electron chi connectivity index (χ0n) is 17.2. The lowest BCUT2D eigenvalue weighted by atomic mass is 10.0. The Labute approximate surface area is 171 Å². The lowest BCUT2D eigenvalue weighted by Crippen LogP contribution is -2.50. The van der Waals surface area contributed by atoms with Crippen molar-refractivity contribution in [1.82, 2.24) is 9.80 Å². The molecule has 2 amide bonds. The fourth-order valence-electron chi connectivity index (χ4n) is 3.37. The zero-order valence-corrected chi connectivity index (χ0v) is 17.2. The molecule has 0 aliphatic carbocycles. The molecule has 29 heavy (non-hydrogen) atoms. The molecule has 3 rings (SSSR count). The van der Waals surface area contributed by atoms with Crippen molar-refractivity contribution in [1.29, 1.82) is 0 Å². The monoisotopic (exact) mass is 397 g/mol. The van der Waals surface area contributed by atoms with Gasteiger partial charge in [-0.1, -0.05) is 32.0 Å². The Morgan fingerprint density at radius 1 is 1.03 bits per heavy atom. The molecule has 2 aromatic carbocycles. The molecule has 1 aliphatic heterocycles. The normalized spacial score (nSPS) is 14.9. The summed E-state index contributed by atoms with van der Waals surface area (Å²) in [5.41, 5.74) is 2.91. The van der Waals surface area contributed by atoms with Gasteiger partial charge in [-0.2, -0.15) is 0 Å². The van der Waals surface area contributed by atoms with Crippen LogP contribution in [0.1, 0.15) is 41.3 Å². The molecule has 0 spiro atoms. The number of nitrogens with one attached hydrogen (secondary N) is 1. The van der Waals surface area contributed by atoms with Crippen LogP contribution in [-0.2, 0) is 4.79 Å². The molecule has 0 unspecified atom stereocenters. The van der Waals surface area contributed by atoms with Crippen molar-refractivity contribution in [3.8, 4) is 0 Å². The molecule has 1 N–H and O–H groups in total. The fourth-order valence-corrected chi connectivity index (χ4v) is 3.37. The minimum atomic E-state index is -0.368. The van der Waals surface area contributed by atoms with Crippen molar-refractivity contribution >= 4 is 17.5 Å². The number of anilines is 1. The molecule has 1 fully saturated rings. The van der Waals surface area contributed by atoms with E-state index in [4.69, 9.17) is 0 Å². The molecule has 1 heterocycles. The van der Waals surface area contributed by atoms with E-state index in [1.807, 2.05) is 29.2 Å². The number of halogens is 1. The van der Waals surface area contributed by atoms with Gasteiger partial charge in [0.2, 0.25) is 5.91 Å². The molecule has 0 aromatic heterocycles. The summed E-state index contributed by atoms with van der Waals surface area (Å²) in [4.78, 5) is 28.6. The first-order valence-corrected chi connectivity index (χ1v) is 10.0. The van der Waals surface area contributed by atoms with E-state index in [0.29, 0.717) is 43.2 Å². The Bertz CT molecular complexity index is 872. The average Bonchev–Trinajstić information content (AvgIpc) is 2.70. The van der Waals surface area contributed by atoms with E-state index in [9.17, 15) is 14.0 Å². The van der Waals surface area contributed by atoms with Crippen LogP contribution in [0.15, 0.2) is 42.5 Å². The number of amides is 2. The number of aryl methyl sites for hydroxylation is 1. The standard InChI is InChI=1S/C23H28FN3O2/c1-16(2)18-6-8-20(9-7-18)25-22(28)15-26-10-12-27(13-11-26)23(29)19-5-4-17(3)21(24)14-19/h4-9,14,16H,10-13,15H2,1-3H3,(H,25,28). The van der Waals surface area contributed by atoms with Gasteiger partial charge in [0, 0.05) is 37.4 Å². The van der Waals surface area contributed by atoms with Crippen molar-refractivity contribution in [2.45, 2.75) is 26.7 Å². The fraction of sp³-hybridized carbons (Fsp3) is 0.391. The van der Waals surface area contributed by atoms with Gasteiger partial charge in [-0.25, -0.2) is 4.39 Å². The average molecular weight is 397 g/mol. The highest BCUT2D eigenvalue weighted by Crippen LogP contribution is 2.17. The Balaban J connectivity index is 1.48. The van der Waals surface area contributed by atoms with Gasteiger partial charge in [0.1, 0.15) is 5.82 Å². The zero-order chi connectivity index (χ0) is 21.0. The minimum absolute atomic E-state index is 0.0670. The first kappa shape index (κ1) is 21.0. The lowest BCUT2D eigenvalue weighted by molar-refractivity contribution is -0.117. The molecule has 1 aliphatic rings. The number of hydrogen-bond donors (Lipinski definition) is 1. The van der Waals surface area contributed by atoms with Crippen LogP contribution in [0.25, 0.3) is 0 Å². The summed E-state index contributed by atoms with van der Waals surface area (Å²) in [5.74, 6) is -0.149. The maximum absolute atomic E-state index is 13.7. The van der Waals surface area contributed by atoms with Gasteiger partial charge in [0.25, 0.3) is 5.91 Å². The van der Waals surface area contributed by atoms with Crippen molar-refractivity contribution in [2.75, 3.05) is 38.0 Å². The van der Waals surface area contributed by atoms with Gasteiger partial charge in [-0.05, 0) is 48.2 Å². The van der Waals surface area contributed by atoms with Crippen LogP contribution in [0, 0.1) is 12.7 Å². The Morgan fingerprint density at radius 3 is 2.28 bits per heavy atom. The molecular formula is C23H28FN3O2. The van der Waals surface area contributed by atoms with Crippen molar-refractivity contribution in [3.63, 3.8) is 0 Å². The molecule has 154 valence electrons. The molecule has 5 nitrogen and oxygen atoms in total. The molecule has 2 aromatic rings. The lowest BCUT2D eigenvalue weighted by Gasteiger charge is -2.34. The van der Waals surface area contributed by atoms with Crippen molar-refractivity contribution < 1.29 is 14.0 Å². The third-order valence-corrected chi connectivity index (χ3v) is 5.31. The van der Waals surface area contributed by atoms with E-state index >= 15 is 0 Å². The second-order valence-electron chi connectivity index (χ2n) is 7.86. The van der Waals surface area contributed by atoms with E-state index in [1.54, 1.807) is 24.0 Å². The second kappa shape index (κ2) is 9.18. The van der Waals surface area contributed by atoms with Gasteiger partial charge in [0.05, 0.1) is 6.54 Å². The van der Waals surface area contributed by atoms with Crippen LogP contribution in [0.3, 0.4) is 0 Å². The molecular weight excluding hydrogens is 369 g/mol. The van der Waals surface area contributed by atoms with Gasteiger partial charge >= 0.3 is 0 Å². The molecule has 0 radical (unpaired) electrons. The Hall–Kier alpha value is -2.73. The number of nitrogens with zero attached hydrogens (tertiary/aromatic N) is 2. The number of rotatable bonds is 5. The van der Waals surface area contributed by atoms with Crippen LogP contribution in [0.2, 0.25) is 0 Å². The number of piperazine rings is 1. The van der Waals surface area contributed by atoms with E-state index in [1.165, 1.54) is 11.6 Å². The highest BCUT2D eigenvalue weighted by Gasteiger charge is 2.23. The van der Waals surface area contributed by atoms with E-state index in [2.05, 4.69) is 19.2 Å². The van der Waals surface area contributed by atoms with Crippen molar-refractivity contribution in [2.24, 2.45) is 0 Å². The Kier molecular flexibility index (Phi) is 6.64. The second-order valence-corrected chi connectivity index (χ2v) is 7.86. The van der Waals surface area contributed by atoms with Crippen LogP contribution in [0.4, 0.5) is 10.1 Å². The van der Waals surface area contributed by atoms with E-state index in [0.717, 1.165) is 5.69 Å². The number of carbonyl (C=O) groups is 2. The third kappa shape index (κ3) is 5.41. The van der Waals surface area contributed by atoms with Gasteiger partial charge in [-0.3, -0.25) is 14.5 Å². The topological polar surface area (TPSA) is 52.7 Å². The van der Waals surface area contributed by atoms with Gasteiger partial charge in [-0.15, -0.1) is 0 Å². The summed E-state index contributed by atoms with van der Waals surface area (Å²) in [7, 11) is 0. The van der Waals surface area contributed by atoms with Gasteiger partial charge in [0.15, 0.2) is 0 Å². The first-order chi connectivity index (χ1) is 13.8. The molecule has 0 atom stereocenters. The number of hydrogen-bond acceptors (Lipinski definition) is 3. The van der Waals surface area contributed by atoms with Crippen LogP contribution in [0.5, 0.6) is 0 Å². The summed E-state index contributed by atoms with van der Waals surface area (Å²) in [6.07, 6.45) is 0. The first-order valence-electron chi connectivity index (χ1n) is 10.0. The van der Waals surface area contributed by atoms with Crippen LogP contribution >= 0.6 is 0 Å². The predicted molar refractivity (Wildman–Crippen MR) is 113 cm³/mol. The minimum Gasteiger partial charge on any atom is -0.336 e. The summed E-state index contributed by atoms with van der Waals surface area (Å²) < 4.78 is 13.7. The summed E-state index contributed by atoms with van der Waals surface area (Å²) in [6, 6.07) is 12.5. The quantitative estimate of drug-likeness (QED) is 0.838. The molecule has 0 saturated carbocycles. The van der Waals surface area contributed by atoms with Crippen LogP contribution < -0.4 is 5.32 Å². The molecule has 6 heteroatoms. The van der Waals surface area contributed by atoms with Gasteiger partial charge < -0.3 is 10.2 Å². The highest BCUT2D eigenvalue weighted by atomic mass is 19.1.